The lowest BCUT2D eigenvalue weighted by molar-refractivity contribution is 0.0845. The lowest BCUT2D eigenvalue weighted by Crippen LogP contribution is -2.37. The highest BCUT2D eigenvalue weighted by molar-refractivity contribution is 7.99. The molecule has 4 heteroatoms. The maximum Gasteiger partial charge on any atom is 0.166 e. The van der Waals surface area contributed by atoms with Crippen LogP contribution in [0.2, 0.25) is 0 Å². The van der Waals surface area contributed by atoms with Crippen molar-refractivity contribution in [3.63, 3.8) is 0 Å². The summed E-state index contributed by atoms with van der Waals surface area (Å²) in [6, 6.07) is 16.5. The standard InChI is InChI=1S/C20H22FNOS/c21-18-8-4-5-9-19(18)24-15-14-22-12-10-17(11-13-22)20(23)16-6-2-1-3-7-16/h1-9,17H,10-15H2. The van der Waals surface area contributed by atoms with Gasteiger partial charge in [-0.15, -0.1) is 11.8 Å². The van der Waals surface area contributed by atoms with Crippen LogP contribution in [0.15, 0.2) is 59.5 Å². The minimum atomic E-state index is -0.144. The fourth-order valence-electron chi connectivity index (χ4n) is 3.10. The number of piperidine rings is 1. The van der Waals surface area contributed by atoms with Gasteiger partial charge in [-0.25, -0.2) is 4.39 Å². The molecule has 0 N–H and O–H groups in total. The number of halogens is 1. The largest absolute Gasteiger partial charge is 0.302 e. The fraction of sp³-hybridized carbons (Fsp3) is 0.350. The number of benzene rings is 2. The van der Waals surface area contributed by atoms with Crippen LogP contribution < -0.4 is 0 Å². The molecule has 1 saturated heterocycles. The molecular formula is C20H22FNOS. The molecule has 2 aromatic carbocycles. The number of thioether (sulfide) groups is 1. The summed E-state index contributed by atoms with van der Waals surface area (Å²) in [5, 5.41) is 0. The molecule has 0 aromatic heterocycles. The zero-order valence-corrected chi connectivity index (χ0v) is 14.5. The van der Waals surface area contributed by atoms with E-state index >= 15 is 0 Å². The lowest BCUT2D eigenvalue weighted by atomic mass is 9.89. The molecule has 0 spiro atoms. The Balaban J connectivity index is 1.42. The first-order valence-electron chi connectivity index (χ1n) is 8.43. The lowest BCUT2D eigenvalue weighted by Gasteiger charge is -2.31. The van der Waals surface area contributed by atoms with E-state index in [0.717, 1.165) is 43.8 Å². The van der Waals surface area contributed by atoms with E-state index in [1.807, 2.05) is 42.5 Å². The normalized spacial score (nSPS) is 16.2. The molecular weight excluding hydrogens is 321 g/mol. The highest BCUT2D eigenvalue weighted by atomic mass is 32.2. The molecule has 0 amide bonds. The summed E-state index contributed by atoms with van der Waals surface area (Å²) in [5.41, 5.74) is 0.825. The van der Waals surface area contributed by atoms with Crippen molar-refractivity contribution in [2.75, 3.05) is 25.4 Å². The smallest absolute Gasteiger partial charge is 0.166 e. The van der Waals surface area contributed by atoms with Gasteiger partial charge in [-0.1, -0.05) is 42.5 Å². The minimum Gasteiger partial charge on any atom is -0.302 e. The van der Waals surface area contributed by atoms with Crippen molar-refractivity contribution >= 4 is 17.5 Å². The van der Waals surface area contributed by atoms with Crippen LogP contribution in [-0.4, -0.2) is 36.1 Å². The molecule has 2 aromatic rings. The van der Waals surface area contributed by atoms with Gasteiger partial charge in [0.15, 0.2) is 5.78 Å². The Morgan fingerprint density at radius 1 is 1.04 bits per heavy atom. The molecule has 0 saturated carbocycles. The third-order valence-corrected chi connectivity index (χ3v) is 5.55. The maximum absolute atomic E-state index is 13.6. The predicted octanol–water partition coefficient (Wildman–Crippen LogP) is 4.51. The summed E-state index contributed by atoms with van der Waals surface area (Å²) in [5.74, 6) is 1.15. The van der Waals surface area contributed by atoms with Crippen molar-refractivity contribution in [1.82, 2.24) is 4.90 Å². The summed E-state index contributed by atoms with van der Waals surface area (Å²) in [6.45, 7) is 2.83. The number of carbonyl (C=O) groups excluding carboxylic acids is 1. The number of Topliss-reactive ketones (excluding diaryl/α,β-unsaturated/α-hetero) is 1. The summed E-state index contributed by atoms with van der Waals surface area (Å²) < 4.78 is 13.6. The molecule has 0 radical (unpaired) electrons. The Morgan fingerprint density at radius 3 is 2.42 bits per heavy atom. The zero-order valence-electron chi connectivity index (χ0n) is 13.7. The van der Waals surface area contributed by atoms with Gasteiger partial charge in [0, 0.05) is 28.7 Å². The summed E-state index contributed by atoms with van der Waals surface area (Å²) in [7, 11) is 0. The number of hydrogen-bond acceptors (Lipinski definition) is 3. The van der Waals surface area contributed by atoms with E-state index in [1.54, 1.807) is 17.8 Å². The molecule has 3 rings (SSSR count). The van der Waals surface area contributed by atoms with Gasteiger partial charge >= 0.3 is 0 Å². The Kier molecular flexibility index (Phi) is 6.05. The first kappa shape index (κ1) is 17.2. The molecule has 1 aliphatic heterocycles. The number of ketones is 1. The van der Waals surface area contributed by atoms with Gasteiger partial charge < -0.3 is 4.90 Å². The second-order valence-electron chi connectivity index (χ2n) is 6.13. The van der Waals surface area contributed by atoms with E-state index in [1.165, 1.54) is 6.07 Å². The Bertz CT molecular complexity index is 668. The van der Waals surface area contributed by atoms with Crippen molar-refractivity contribution in [1.29, 1.82) is 0 Å². The van der Waals surface area contributed by atoms with Crippen LogP contribution in [0.25, 0.3) is 0 Å². The van der Waals surface area contributed by atoms with Crippen LogP contribution in [-0.2, 0) is 0 Å². The molecule has 0 bridgehead atoms. The second-order valence-corrected chi connectivity index (χ2v) is 7.26. The summed E-state index contributed by atoms with van der Waals surface area (Å²) in [6.07, 6.45) is 1.83. The van der Waals surface area contributed by atoms with Gasteiger partial charge in [0.25, 0.3) is 0 Å². The van der Waals surface area contributed by atoms with Gasteiger partial charge in [0.1, 0.15) is 5.82 Å². The molecule has 24 heavy (non-hydrogen) atoms. The van der Waals surface area contributed by atoms with Crippen molar-refractivity contribution in [2.24, 2.45) is 5.92 Å². The van der Waals surface area contributed by atoms with Gasteiger partial charge in [-0.05, 0) is 38.1 Å². The molecule has 1 heterocycles. The average Bonchev–Trinajstić information content (AvgIpc) is 2.64. The zero-order chi connectivity index (χ0) is 16.8. The summed E-state index contributed by atoms with van der Waals surface area (Å²) >= 11 is 1.56. The van der Waals surface area contributed by atoms with Crippen LogP contribution in [0.3, 0.4) is 0 Å². The van der Waals surface area contributed by atoms with Crippen LogP contribution >= 0.6 is 11.8 Å². The topological polar surface area (TPSA) is 20.3 Å². The third kappa shape index (κ3) is 4.46. The van der Waals surface area contributed by atoms with Crippen molar-refractivity contribution in [2.45, 2.75) is 17.7 Å². The minimum absolute atomic E-state index is 0.142. The van der Waals surface area contributed by atoms with Gasteiger partial charge in [-0.2, -0.15) is 0 Å². The van der Waals surface area contributed by atoms with E-state index in [9.17, 15) is 9.18 Å². The number of hydrogen-bond donors (Lipinski definition) is 0. The van der Waals surface area contributed by atoms with Crippen LogP contribution in [0.1, 0.15) is 23.2 Å². The van der Waals surface area contributed by atoms with Crippen LogP contribution in [0, 0.1) is 11.7 Å². The van der Waals surface area contributed by atoms with Crippen molar-refractivity contribution in [3.05, 3.63) is 66.0 Å². The number of likely N-dealkylation sites (tertiary alicyclic amines) is 1. The Morgan fingerprint density at radius 2 is 1.71 bits per heavy atom. The van der Waals surface area contributed by atoms with Crippen LogP contribution in [0.4, 0.5) is 4.39 Å². The van der Waals surface area contributed by atoms with Gasteiger partial charge in [-0.3, -0.25) is 4.79 Å². The second kappa shape index (κ2) is 8.45. The fourth-order valence-corrected chi connectivity index (χ4v) is 4.05. The number of nitrogens with zero attached hydrogens (tertiary/aromatic N) is 1. The van der Waals surface area contributed by atoms with Gasteiger partial charge in [0.2, 0.25) is 0 Å². The highest BCUT2D eigenvalue weighted by Gasteiger charge is 2.25. The van der Waals surface area contributed by atoms with Crippen LogP contribution in [0.5, 0.6) is 0 Å². The molecule has 0 unspecified atom stereocenters. The average molecular weight is 343 g/mol. The molecule has 1 aliphatic rings. The quantitative estimate of drug-likeness (QED) is 0.568. The Labute approximate surface area is 147 Å². The first-order valence-corrected chi connectivity index (χ1v) is 9.41. The third-order valence-electron chi connectivity index (χ3n) is 4.52. The number of carbonyl (C=O) groups is 1. The van der Waals surface area contributed by atoms with E-state index < -0.39 is 0 Å². The molecule has 2 nitrogen and oxygen atoms in total. The number of rotatable bonds is 6. The SMILES string of the molecule is O=C(c1ccccc1)C1CCN(CCSc2ccccc2F)CC1. The van der Waals surface area contributed by atoms with Gasteiger partial charge in [0.05, 0.1) is 0 Å². The van der Waals surface area contributed by atoms with Crippen molar-refractivity contribution < 1.29 is 9.18 Å². The molecule has 0 aliphatic carbocycles. The summed E-state index contributed by atoms with van der Waals surface area (Å²) in [4.78, 5) is 15.6. The molecule has 1 fully saturated rings. The highest BCUT2D eigenvalue weighted by Crippen LogP contribution is 2.24. The van der Waals surface area contributed by atoms with E-state index in [4.69, 9.17) is 0 Å². The van der Waals surface area contributed by atoms with E-state index in [0.29, 0.717) is 4.90 Å². The van der Waals surface area contributed by atoms with Crippen molar-refractivity contribution in [3.8, 4) is 0 Å². The first-order chi connectivity index (χ1) is 11.7. The molecule has 126 valence electrons. The Hall–Kier alpha value is -1.65. The monoisotopic (exact) mass is 343 g/mol. The maximum atomic E-state index is 13.6. The molecule has 0 atom stereocenters. The van der Waals surface area contributed by atoms with E-state index in [2.05, 4.69) is 4.90 Å². The van der Waals surface area contributed by atoms with E-state index in [-0.39, 0.29) is 17.5 Å². The predicted molar refractivity (Wildman–Crippen MR) is 97.1 cm³/mol.